The lowest BCUT2D eigenvalue weighted by Gasteiger charge is -2.31. The van der Waals surface area contributed by atoms with E-state index in [0.29, 0.717) is 0 Å². The smallest absolute Gasteiger partial charge is 0.379 e. The number of methoxy groups -OCH3 is 2. The van der Waals surface area contributed by atoms with Crippen LogP contribution < -0.4 is 11.1 Å². The number of Topliss-reactive ketones (excluding diaryl/α,β-unsaturated/α-hetero) is 1. The lowest BCUT2D eigenvalue weighted by molar-refractivity contribution is -0.385. The number of rotatable bonds is 21. The molecule has 538 valence electrons. The number of nitro groups is 5. The maximum atomic E-state index is 13.7. The minimum Gasteiger partial charge on any atom is -0.479 e. The van der Waals surface area contributed by atoms with Gasteiger partial charge in [0, 0.05) is 94.0 Å². The van der Waals surface area contributed by atoms with Crippen LogP contribution in [0.4, 0.5) is 46.0 Å². The number of carboxylic acid groups (broad SMARTS) is 3. The van der Waals surface area contributed by atoms with Crippen LogP contribution in [0.5, 0.6) is 0 Å². The highest BCUT2D eigenvalue weighted by atomic mass is 35.5. The van der Waals surface area contributed by atoms with Crippen molar-refractivity contribution in [3.63, 3.8) is 0 Å². The third kappa shape index (κ3) is 19.2. The number of ether oxygens (including phenoxy) is 2. The lowest BCUT2D eigenvalue weighted by Crippen LogP contribution is -2.53. The Morgan fingerprint density at radius 1 is 0.413 bits per heavy atom. The zero-order chi connectivity index (χ0) is 77.6. The molecule has 0 saturated carbocycles. The summed E-state index contributed by atoms with van der Waals surface area (Å²) in [7, 11) is 2.13. The third-order valence-corrected chi connectivity index (χ3v) is 14.8. The van der Waals surface area contributed by atoms with E-state index >= 15 is 0 Å². The van der Waals surface area contributed by atoms with Crippen molar-refractivity contribution in [1.29, 1.82) is 0 Å². The summed E-state index contributed by atoms with van der Waals surface area (Å²) in [4.78, 5) is 132. The van der Waals surface area contributed by atoms with Crippen molar-refractivity contribution < 1.29 is 111 Å². The fourth-order valence-electron chi connectivity index (χ4n) is 9.49. The number of hydrogen-bond acceptors (Lipinski definition) is 22. The van der Waals surface area contributed by atoms with Crippen molar-refractivity contribution in [3.8, 4) is 0 Å². The Morgan fingerprint density at radius 3 is 1.05 bits per heavy atom. The molecule has 0 heterocycles. The van der Waals surface area contributed by atoms with Crippen LogP contribution in [0.1, 0.15) is 54.9 Å². The van der Waals surface area contributed by atoms with E-state index in [1.165, 1.54) is 133 Å². The van der Waals surface area contributed by atoms with Gasteiger partial charge in [-0.1, -0.05) is 109 Å². The van der Waals surface area contributed by atoms with Crippen LogP contribution in [-0.2, 0) is 60.5 Å². The average Bonchev–Trinajstić information content (AvgIpc) is 0.708. The van der Waals surface area contributed by atoms with Crippen LogP contribution in [0, 0.1) is 73.8 Å². The van der Waals surface area contributed by atoms with E-state index in [-0.39, 0.29) is 78.5 Å². The number of aliphatic carboxylic acids is 3. The number of nitro benzene ring substituents is 5. The van der Waals surface area contributed by atoms with Gasteiger partial charge in [0.15, 0.2) is 11.1 Å². The summed E-state index contributed by atoms with van der Waals surface area (Å²) in [6, 6.07) is 42.7. The van der Waals surface area contributed by atoms with Crippen molar-refractivity contribution >= 4 is 81.6 Å². The van der Waals surface area contributed by atoms with Crippen LogP contribution in [0.2, 0.25) is 0 Å². The molecule has 0 aliphatic heterocycles. The molecule has 0 aromatic heterocycles. The molecule has 0 spiro atoms. The predicted molar refractivity (Wildman–Crippen MR) is 353 cm³/mol. The molecule has 36 heteroatoms. The highest BCUT2D eigenvalue weighted by Gasteiger charge is 2.46. The van der Waals surface area contributed by atoms with Crippen LogP contribution in [0.3, 0.4) is 0 Å². The number of benzene rings is 9. The topological polar surface area (TPSA) is 493 Å². The summed E-state index contributed by atoms with van der Waals surface area (Å²) in [6.07, 6.45) is 0. The van der Waals surface area contributed by atoms with Crippen molar-refractivity contribution in [1.82, 2.24) is 5.32 Å². The highest BCUT2D eigenvalue weighted by Crippen LogP contribution is 2.37. The number of nitrogens with one attached hydrogen (secondary N) is 1. The molecule has 9 rings (SSSR count). The van der Waals surface area contributed by atoms with Gasteiger partial charge >= 0.3 is 29.8 Å². The summed E-state index contributed by atoms with van der Waals surface area (Å²) in [6.45, 7) is 0. The van der Waals surface area contributed by atoms with Gasteiger partial charge in [-0.3, -0.25) is 60.2 Å². The van der Waals surface area contributed by atoms with Gasteiger partial charge in [0.05, 0.1) is 38.8 Å². The van der Waals surface area contributed by atoms with Gasteiger partial charge in [-0.05, 0) is 65.2 Å². The maximum absolute atomic E-state index is 13.7. The van der Waals surface area contributed by atoms with Gasteiger partial charge in [-0.25, -0.2) is 41.5 Å². The molecule has 0 aliphatic rings. The second kappa shape index (κ2) is 35.4. The Kier molecular flexibility index (Phi) is 27.6. The Hall–Kier alpha value is -13.6. The molecule has 0 aliphatic carbocycles. The number of nitrogens with zero attached hydrogens (tertiary/aromatic N) is 5. The van der Waals surface area contributed by atoms with Crippen LogP contribution in [0.25, 0.3) is 0 Å². The van der Waals surface area contributed by atoms with Gasteiger partial charge in [0.1, 0.15) is 29.1 Å². The molecule has 31 nitrogen and oxygen atoms in total. The molecule has 0 fully saturated rings. The molecule has 0 bridgehead atoms. The monoisotopic (exact) mass is 1460 g/mol. The lowest BCUT2D eigenvalue weighted by atomic mass is 9.82. The first kappa shape index (κ1) is 81.0. The number of carboxylic acids is 3. The van der Waals surface area contributed by atoms with Gasteiger partial charge < -0.3 is 46.1 Å². The van der Waals surface area contributed by atoms with E-state index in [0.717, 1.165) is 99.1 Å². The van der Waals surface area contributed by atoms with Crippen LogP contribution >= 0.6 is 11.6 Å². The molecular weight excluding hydrogens is 1410 g/mol. The van der Waals surface area contributed by atoms with Crippen molar-refractivity contribution in [2.75, 3.05) is 20.1 Å². The average molecular weight is 1460 g/mol. The molecule has 9 aromatic carbocycles. The summed E-state index contributed by atoms with van der Waals surface area (Å²) in [5.74, 6) is -11.8. The number of aliphatic hydroxyl groups is 2. The Balaban J connectivity index is 0.000000235. The van der Waals surface area contributed by atoms with Crippen molar-refractivity contribution in [3.05, 3.63) is 342 Å². The Morgan fingerprint density at radius 2 is 0.702 bits per heavy atom. The number of carbonyl (C=O) groups is 7. The zero-order valence-electron chi connectivity index (χ0n) is 53.2. The second-order valence-corrected chi connectivity index (χ2v) is 21.2. The number of ketones is 1. The third-order valence-electron chi connectivity index (χ3n) is 14.6. The number of halogens is 5. The molecular formula is C68H52ClF4N7O24. The van der Waals surface area contributed by atoms with E-state index in [9.17, 15) is 127 Å². The van der Waals surface area contributed by atoms with Gasteiger partial charge in [0.2, 0.25) is 17.1 Å². The molecule has 0 saturated heterocycles. The molecule has 9 aromatic rings. The van der Waals surface area contributed by atoms with Gasteiger partial charge in [-0.15, -0.1) is 11.6 Å². The molecule has 8 N–H and O–H groups in total. The fourth-order valence-corrected chi connectivity index (χ4v) is 9.56. The number of esters is 2. The quantitative estimate of drug-likeness (QED) is 0.00669. The first-order valence-corrected chi connectivity index (χ1v) is 29.3. The van der Waals surface area contributed by atoms with Crippen LogP contribution in [0.15, 0.2) is 218 Å². The molecule has 1 amide bonds. The summed E-state index contributed by atoms with van der Waals surface area (Å²) in [5, 5.41) is 106. The molecule has 0 radical (unpaired) electrons. The number of non-ortho nitro benzene ring substituents is 5. The van der Waals surface area contributed by atoms with Crippen LogP contribution in [-0.4, -0.2) is 112 Å². The fraction of sp³-hybridized carbons (Fsp3) is 0.103. The predicted octanol–water partition coefficient (Wildman–Crippen LogP) is 9.59. The number of carbonyl (C=O) groups excluding carboxylic acids is 4. The maximum Gasteiger partial charge on any atom is 0.379 e. The minimum absolute atomic E-state index is 0.00417. The van der Waals surface area contributed by atoms with E-state index in [2.05, 4.69) is 14.8 Å². The summed E-state index contributed by atoms with van der Waals surface area (Å²) in [5.41, 5.74) is -5.81. The van der Waals surface area contributed by atoms with E-state index in [4.69, 9.17) is 17.3 Å². The number of nitrogens with two attached hydrogens (primary N) is 1. The summed E-state index contributed by atoms with van der Waals surface area (Å²) >= 11 is 5.46. The van der Waals surface area contributed by atoms with E-state index in [1.807, 2.05) is 0 Å². The highest BCUT2D eigenvalue weighted by molar-refractivity contribution is 6.40. The Labute approximate surface area is 585 Å². The van der Waals surface area contributed by atoms with E-state index in [1.54, 1.807) is 0 Å². The number of alkyl halides is 1. The first-order valence-electron chi connectivity index (χ1n) is 28.8. The first-order chi connectivity index (χ1) is 49.0. The Bertz CT molecular complexity index is 4680. The number of hydrogen-bond donors (Lipinski definition) is 7. The van der Waals surface area contributed by atoms with Crippen molar-refractivity contribution in [2.45, 2.75) is 22.3 Å². The largest absolute Gasteiger partial charge is 0.479 e. The second-order valence-electron chi connectivity index (χ2n) is 21.0. The zero-order valence-corrected chi connectivity index (χ0v) is 53.9. The number of amides is 1. The molecule has 4 unspecified atom stereocenters. The SMILES string of the molecule is COC(=O)C(=O)c1cccc([N+](=O)[O-])c1.COC(=O)C(O)(c1cccc(F)c1)c1cccc([N+](=O)[O-])c1.NC(C(=O)O)(c1cccc(F)c1)c1cccc([N+](=O)[O-])c1.O=C(CCl)NC(C(=O)O)(c1cccc(F)c1)c1cccc([N+](=O)[O-])c1.O=C(O)C(O)(c1cccc(F)c1)c1cccc([N+](=O)[O-])c1. The molecule has 104 heavy (non-hydrogen) atoms. The standard InChI is InChI=1S/C16H12ClFN2O5.C15H12FNO5.C14H11FN2O4.C14H10FNO5.C9H7NO5/c17-9-14(21)19-16(15(22)23,10-3-1-5-12(18)7-10)11-4-2-6-13(8-11)20(24)25;1-22-14(18)15(19,10-4-2-6-12(16)8-10)11-5-3-7-13(9-11)17(20)21;15-11-5-1-3-9(7-11)14(16,13(18)19)10-4-2-6-12(8-10)17(20)21;15-11-5-1-3-9(7-11)14(19,13(17)18)10-4-2-6-12(8-10)16(20)21;1-15-9(12)8(11)6-3-2-4-7(5-6)10(13)14/h1-8H,9H2,(H,19,21)(H,22,23);2-9,19H,1H3;1-8H,16H2,(H,18,19);1-8,19H,(H,17,18);2-5H,1H3. The van der Waals surface area contributed by atoms with E-state index < -0.39 is 118 Å². The normalized spacial score (nSPS) is 12.7. The summed E-state index contributed by atoms with van der Waals surface area (Å²) < 4.78 is 62.5. The minimum atomic E-state index is -2.58. The molecule has 4 atom stereocenters. The van der Waals surface area contributed by atoms with Gasteiger partial charge in [-0.2, -0.15) is 0 Å². The van der Waals surface area contributed by atoms with Gasteiger partial charge in [0.25, 0.3) is 34.2 Å². The van der Waals surface area contributed by atoms with Crippen molar-refractivity contribution in [2.24, 2.45) is 5.73 Å².